The van der Waals surface area contributed by atoms with E-state index in [1.165, 1.54) is 0 Å². The topological polar surface area (TPSA) is 48.8 Å². The van der Waals surface area contributed by atoms with Crippen molar-refractivity contribution in [1.29, 1.82) is 0 Å². The molecule has 23 heavy (non-hydrogen) atoms. The summed E-state index contributed by atoms with van der Waals surface area (Å²) in [5.41, 5.74) is 3.02. The summed E-state index contributed by atoms with van der Waals surface area (Å²) < 4.78 is 25.0. The molecular weight excluding hydrogens is 298 g/mol. The Balaban J connectivity index is 3.11. The minimum absolute atomic E-state index is 0.268. The fraction of sp³-hybridized carbons (Fsp3) is 0.412. The Bertz CT molecular complexity index is 580. The van der Waals surface area contributed by atoms with Crippen LogP contribution in [0, 0.1) is 0 Å². The molecule has 126 valence electrons. The first kappa shape index (κ1) is 19.0. The second kappa shape index (κ2) is 9.84. The lowest BCUT2D eigenvalue weighted by molar-refractivity contribution is 0.149. The van der Waals surface area contributed by atoms with E-state index in [0.717, 1.165) is 11.3 Å². The quantitative estimate of drug-likeness (QED) is 0.684. The van der Waals surface area contributed by atoms with Crippen molar-refractivity contribution in [3.05, 3.63) is 41.2 Å². The summed E-state index contributed by atoms with van der Waals surface area (Å²) in [5, 5.41) is 6.23. The number of hydrogen-bond acceptors (Lipinski definition) is 4. The third-order valence-electron chi connectivity index (χ3n) is 3.21. The van der Waals surface area contributed by atoms with Gasteiger partial charge in [-0.3, -0.25) is 4.99 Å². The lowest BCUT2D eigenvalue weighted by Crippen LogP contribution is -2.19. The summed E-state index contributed by atoms with van der Waals surface area (Å²) in [7, 11) is 1.84. The first-order valence-corrected chi connectivity index (χ1v) is 7.51. The lowest BCUT2D eigenvalue weighted by Gasteiger charge is -2.14. The Morgan fingerprint density at radius 1 is 1.35 bits per heavy atom. The Hall–Kier alpha value is -2.08. The largest absolute Gasteiger partial charge is 0.340 e. The minimum atomic E-state index is -2.36. The molecule has 0 spiro atoms. The Morgan fingerprint density at radius 2 is 2.09 bits per heavy atom. The molecule has 0 aliphatic carbocycles. The van der Waals surface area contributed by atoms with Crippen molar-refractivity contribution < 1.29 is 8.78 Å². The van der Waals surface area contributed by atoms with Gasteiger partial charge in [-0.25, -0.2) is 13.8 Å². The number of anilines is 1. The molecule has 2 N–H and O–H groups in total. The van der Waals surface area contributed by atoms with E-state index in [1.54, 1.807) is 18.2 Å². The second-order valence-electron chi connectivity index (χ2n) is 5.00. The van der Waals surface area contributed by atoms with Crippen molar-refractivity contribution in [1.82, 2.24) is 5.32 Å². The van der Waals surface area contributed by atoms with Crippen LogP contribution in [-0.2, 0) is 6.42 Å². The summed E-state index contributed by atoms with van der Waals surface area (Å²) >= 11 is 0. The van der Waals surface area contributed by atoms with Gasteiger partial charge < -0.3 is 10.6 Å². The average Bonchev–Trinajstić information content (AvgIpc) is 2.50. The summed E-state index contributed by atoms with van der Waals surface area (Å²) in [6.07, 6.45) is -2.63. The van der Waals surface area contributed by atoms with Crippen LogP contribution in [0.3, 0.4) is 0 Å². The fourth-order valence-corrected chi connectivity index (χ4v) is 2.19. The van der Waals surface area contributed by atoms with Gasteiger partial charge in [0.15, 0.2) is 0 Å². The van der Waals surface area contributed by atoms with Crippen LogP contribution in [-0.4, -0.2) is 39.0 Å². The van der Waals surface area contributed by atoms with Crippen LogP contribution in [0.2, 0.25) is 0 Å². The van der Waals surface area contributed by atoms with Gasteiger partial charge >= 0.3 is 0 Å². The first-order chi connectivity index (χ1) is 11.0. The summed E-state index contributed by atoms with van der Waals surface area (Å²) in [6.45, 7) is 8.73. The van der Waals surface area contributed by atoms with Gasteiger partial charge in [-0.2, -0.15) is 0 Å². The van der Waals surface area contributed by atoms with Crippen molar-refractivity contribution in [2.75, 3.05) is 25.5 Å². The minimum Gasteiger partial charge on any atom is -0.340 e. The highest BCUT2D eigenvalue weighted by atomic mass is 19.3. The van der Waals surface area contributed by atoms with Crippen LogP contribution < -0.4 is 10.6 Å². The van der Waals surface area contributed by atoms with Gasteiger partial charge in [0.25, 0.3) is 0 Å². The fourth-order valence-electron chi connectivity index (χ4n) is 2.19. The van der Waals surface area contributed by atoms with E-state index in [4.69, 9.17) is 0 Å². The average molecular weight is 322 g/mol. The SMILES string of the molecule is C=N/C(Nc1cccc(CC(F)F)c1)=C(CNC)\C(C)=N/CC. The van der Waals surface area contributed by atoms with Gasteiger partial charge in [-0.1, -0.05) is 12.1 Å². The molecule has 1 rings (SSSR count). The molecule has 0 unspecified atom stereocenters. The van der Waals surface area contributed by atoms with Crippen molar-refractivity contribution in [2.24, 2.45) is 9.98 Å². The van der Waals surface area contributed by atoms with Crippen molar-refractivity contribution in [3.63, 3.8) is 0 Å². The number of hydrogen-bond donors (Lipinski definition) is 2. The van der Waals surface area contributed by atoms with E-state index in [-0.39, 0.29) is 6.42 Å². The Morgan fingerprint density at radius 3 is 2.65 bits per heavy atom. The van der Waals surface area contributed by atoms with Crippen molar-refractivity contribution in [3.8, 4) is 0 Å². The Kier molecular flexibility index (Phi) is 8.11. The van der Waals surface area contributed by atoms with Gasteiger partial charge in [0, 0.05) is 36.5 Å². The van der Waals surface area contributed by atoms with E-state index in [9.17, 15) is 8.78 Å². The smallest absolute Gasteiger partial charge is 0.242 e. The number of nitrogens with zero attached hydrogens (tertiary/aromatic N) is 2. The molecule has 1 aromatic carbocycles. The monoisotopic (exact) mass is 322 g/mol. The van der Waals surface area contributed by atoms with Crippen LogP contribution >= 0.6 is 0 Å². The van der Waals surface area contributed by atoms with Crippen LogP contribution in [0.25, 0.3) is 0 Å². The zero-order chi connectivity index (χ0) is 17.2. The van der Waals surface area contributed by atoms with E-state index in [0.29, 0.717) is 30.2 Å². The van der Waals surface area contributed by atoms with Gasteiger partial charge in [0.05, 0.1) is 0 Å². The lowest BCUT2D eigenvalue weighted by atomic mass is 10.1. The number of rotatable bonds is 9. The molecule has 0 fully saturated rings. The number of nitrogens with one attached hydrogen (secondary N) is 2. The summed E-state index contributed by atoms with van der Waals surface area (Å²) in [4.78, 5) is 8.45. The van der Waals surface area contributed by atoms with Crippen LogP contribution in [0.4, 0.5) is 14.5 Å². The molecule has 0 heterocycles. The van der Waals surface area contributed by atoms with Crippen LogP contribution in [0.1, 0.15) is 19.4 Å². The highest BCUT2D eigenvalue weighted by Gasteiger charge is 2.10. The molecule has 0 atom stereocenters. The van der Waals surface area contributed by atoms with Gasteiger partial charge in [-0.15, -0.1) is 0 Å². The molecule has 6 heteroatoms. The number of likely N-dealkylation sites (N-methyl/N-ethyl adjacent to an activating group) is 1. The molecule has 0 saturated heterocycles. The first-order valence-electron chi connectivity index (χ1n) is 7.51. The molecule has 1 aromatic rings. The summed E-state index contributed by atoms with van der Waals surface area (Å²) in [6, 6.07) is 6.93. The van der Waals surface area contributed by atoms with E-state index < -0.39 is 6.43 Å². The van der Waals surface area contributed by atoms with E-state index in [1.807, 2.05) is 27.0 Å². The molecule has 0 saturated carbocycles. The maximum absolute atomic E-state index is 12.5. The molecule has 0 aliphatic rings. The molecule has 0 aliphatic heterocycles. The predicted octanol–water partition coefficient (Wildman–Crippen LogP) is 3.52. The predicted molar refractivity (Wildman–Crippen MR) is 93.9 cm³/mol. The number of aliphatic imine (C=N–C) groups is 2. The number of benzene rings is 1. The third-order valence-corrected chi connectivity index (χ3v) is 3.21. The zero-order valence-corrected chi connectivity index (χ0v) is 13.9. The van der Waals surface area contributed by atoms with Gasteiger partial charge in [0.2, 0.25) is 6.43 Å². The highest BCUT2D eigenvalue weighted by molar-refractivity contribution is 5.99. The molecular formula is C17H24F2N4. The van der Waals surface area contributed by atoms with Gasteiger partial charge in [0.1, 0.15) is 5.82 Å². The third kappa shape index (κ3) is 6.28. The maximum Gasteiger partial charge on any atom is 0.242 e. The van der Waals surface area contributed by atoms with Crippen LogP contribution in [0.5, 0.6) is 0 Å². The molecule has 0 bridgehead atoms. The molecule has 4 nitrogen and oxygen atoms in total. The number of alkyl halides is 2. The van der Waals surface area contributed by atoms with E-state index >= 15 is 0 Å². The summed E-state index contributed by atoms with van der Waals surface area (Å²) in [5.74, 6) is 0.572. The number of halogens is 2. The van der Waals surface area contributed by atoms with E-state index in [2.05, 4.69) is 27.3 Å². The second-order valence-corrected chi connectivity index (χ2v) is 5.00. The standard InChI is InChI=1S/C17H24F2N4/c1-5-22-12(2)15(11-20-3)17(21-4)23-14-8-6-7-13(9-14)10-16(18)19/h6-9,16,20,23H,4-5,10-11H2,1-3H3/b17-15+,22-12-. The maximum atomic E-state index is 12.5. The molecule has 0 radical (unpaired) electrons. The van der Waals surface area contributed by atoms with Gasteiger partial charge in [-0.05, 0) is 45.3 Å². The highest BCUT2D eigenvalue weighted by Crippen LogP contribution is 2.18. The normalized spacial score (nSPS) is 13.0. The van der Waals surface area contributed by atoms with Crippen molar-refractivity contribution >= 4 is 18.1 Å². The molecule has 0 aromatic heterocycles. The van der Waals surface area contributed by atoms with Crippen molar-refractivity contribution in [2.45, 2.75) is 26.7 Å². The Labute approximate surface area is 136 Å². The molecule has 0 amide bonds. The van der Waals surface area contributed by atoms with Crippen LogP contribution in [0.15, 0.2) is 45.6 Å². The zero-order valence-electron chi connectivity index (χ0n) is 13.9.